The Morgan fingerprint density at radius 1 is 1.16 bits per heavy atom. The zero-order valence-electron chi connectivity index (χ0n) is 17.2. The first-order chi connectivity index (χ1) is 14.5. The maximum absolute atomic E-state index is 13.0. The number of pyridine rings is 1. The summed E-state index contributed by atoms with van der Waals surface area (Å²) in [6.45, 7) is 2.23. The van der Waals surface area contributed by atoms with E-state index in [9.17, 15) is 13.2 Å². The lowest BCUT2D eigenvalue weighted by Gasteiger charge is -2.34. The number of hydrogen-bond donors (Lipinski definition) is 2. The van der Waals surface area contributed by atoms with Crippen LogP contribution in [-0.4, -0.2) is 50.3 Å². The number of hydrogen-bond acceptors (Lipinski definition) is 4. The molecule has 0 radical (unpaired) electrons. The predicted octanol–water partition coefficient (Wildman–Crippen LogP) is 3.93. The number of nitrogens with one attached hydrogen (secondary N) is 2. The van der Waals surface area contributed by atoms with Gasteiger partial charge in [0.2, 0.25) is 5.88 Å². The third kappa shape index (κ3) is 7.44. The Morgan fingerprint density at radius 3 is 2.52 bits per heavy atom. The van der Waals surface area contributed by atoms with E-state index in [2.05, 4.69) is 37.6 Å². The molecular formula is C21H27F3IN5O. The summed E-state index contributed by atoms with van der Waals surface area (Å²) in [5.74, 6) is 0.192. The molecule has 10 heteroatoms. The van der Waals surface area contributed by atoms with Crippen molar-refractivity contribution in [1.82, 2.24) is 15.6 Å². The van der Waals surface area contributed by atoms with Crippen LogP contribution in [0.2, 0.25) is 0 Å². The molecule has 2 aromatic rings. The molecule has 1 aliphatic rings. The molecule has 31 heavy (non-hydrogen) atoms. The highest BCUT2D eigenvalue weighted by Crippen LogP contribution is 2.34. The number of benzene rings is 1. The molecule has 0 saturated carbocycles. The summed E-state index contributed by atoms with van der Waals surface area (Å²) in [5.41, 5.74) is 0.348. The van der Waals surface area contributed by atoms with Crippen molar-refractivity contribution in [3.63, 3.8) is 0 Å². The molecule has 1 aromatic carbocycles. The Bertz CT molecular complexity index is 827. The summed E-state index contributed by atoms with van der Waals surface area (Å²) in [6.07, 6.45) is -1.28. The number of para-hydroxylation sites is 1. The highest BCUT2D eigenvalue weighted by Gasteiger charge is 2.35. The topological polar surface area (TPSA) is 61.8 Å². The number of piperidine rings is 1. The van der Waals surface area contributed by atoms with E-state index >= 15 is 0 Å². The smallest absolute Gasteiger partial charge is 0.421 e. The Labute approximate surface area is 197 Å². The van der Waals surface area contributed by atoms with Gasteiger partial charge in [0.05, 0.1) is 6.54 Å². The summed E-state index contributed by atoms with van der Waals surface area (Å²) < 4.78 is 44.1. The first kappa shape index (κ1) is 25.0. The van der Waals surface area contributed by atoms with Crippen molar-refractivity contribution in [3.05, 3.63) is 54.2 Å². The molecule has 3 rings (SSSR count). The lowest BCUT2D eigenvalue weighted by atomic mass is 10.0. The van der Waals surface area contributed by atoms with E-state index in [1.54, 1.807) is 7.05 Å². The van der Waals surface area contributed by atoms with E-state index in [4.69, 9.17) is 4.74 Å². The van der Waals surface area contributed by atoms with Crippen LogP contribution in [-0.2, 0) is 6.18 Å². The number of aromatic nitrogens is 1. The molecule has 1 saturated heterocycles. The normalized spacial score (nSPS) is 15.2. The number of rotatable bonds is 6. The molecule has 2 N–H and O–H groups in total. The molecule has 0 unspecified atom stereocenters. The van der Waals surface area contributed by atoms with E-state index in [1.165, 1.54) is 18.0 Å². The fraction of sp³-hybridized carbons (Fsp3) is 0.429. The minimum atomic E-state index is -4.50. The maximum Gasteiger partial charge on any atom is 0.421 e. The zero-order valence-corrected chi connectivity index (χ0v) is 19.6. The molecule has 0 aliphatic carbocycles. The Kier molecular flexibility index (Phi) is 9.66. The average Bonchev–Trinajstić information content (AvgIpc) is 2.76. The van der Waals surface area contributed by atoms with Gasteiger partial charge in [0, 0.05) is 38.1 Å². The molecule has 2 heterocycles. The van der Waals surface area contributed by atoms with Crippen LogP contribution >= 0.6 is 24.0 Å². The first-order valence-electron chi connectivity index (χ1n) is 9.89. The lowest BCUT2D eigenvalue weighted by Crippen LogP contribution is -2.49. The monoisotopic (exact) mass is 549 g/mol. The highest BCUT2D eigenvalue weighted by molar-refractivity contribution is 14.0. The van der Waals surface area contributed by atoms with Crippen molar-refractivity contribution in [2.45, 2.75) is 25.1 Å². The van der Waals surface area contributed by atoms with E-state index in [1.807, 2.05) is 18.2 Å². The molecule has 0 bridgehead atoms. The highest BCUT2D eigenvalue weighted by atomic mass is 127. The number of guanidine groups is 1. The summed E-state index contributed by atoms with van der Waals surface area (Å²) in [7, 11) is 1.66. The van der Waals surface area contributed by atoms with Crippen LogP contribution in [0.3, 0.4) is 0 Å². The summed E-state index contributed by atoms with van der Waals surface area (Å²) in [4.78, 5) is 10.2. The number of nitrogens with zero attached hydrogens (tertiary/aromatic N) is 3. The summed E-state index contributed by atoms with van der Waals surface area (Å²) >= 11 is 0. The fourth-order valence-electron chi connectivity index (χ4n) is 3.35. The van der Waals surface area contributed by atoms with Crippen LogP contribution in [0, 0.1) is 0 Å². The van der Waals surface area contributed by atoms with E-state index < -0.39 is 17.6 Å². The summed E-state index contributed by atoms with van der Waals surface area (Å²) in [5, 5.41) is 6.45. The molecule has 0 amide bonds. The largest absolute Gasteiger partial charge is 0.475 e. The molecular weight excluding hydrogens is 522 g/mol. The molecule has 0 spiro atoms. The Balaban J connectivity index is 0.00000341. The van der Waals surface area contributed by atoms with Gasteiger partial charge in [0.25, 0.3) is 0 Å². The fourth-order valence-corrected chi connectivity index (χ4v) is 3.35. The van der Waals surface area contributed by atoms with Gasteiger partial charge < -0.3 is 20.3 Å². The van der Waals surface area contributed by atoms with Gasteiger partial charge in [-0.25, -0.2) is 4.98 Å². The Hall–Kier alpha value is -2.24. The standard InChI is InChI=1S/C21H26F3N5O.HI/c1-25-20(27-12-15-30-19-18(21(22,23)24)8-5-11-26-19)28-16-9-13-29(14-10-16)17-6-3-2-4-7-17;/h2-8,11,16H,9-10,12-15H2,1H3,(H2,25,27,28);1H. The van der Waals surface area contributed by atoms with Gasteiger partial charge in [-0.2, -0.15) is 13.2 Å². The lowest BCUT2D eigenvalue weighted by molar-refractivity contribution is -0.139. The molecule has 1 fully saturated rings. The SMILES string of the molecule is CN=C(NCCOc1ncccc1C(F)(F)F)NC1CCN(c2ccccc2)CC1.I. The Morgan fingerprint density at radius 2 is 1.87 bits per heavy atom. The van der Waals surface area contributed by atoms with Crippen molar-refractivity contribution in [2.24, 2.45) is 4.99 Å². The van der Waals surface area contributed by atoms with Crippen molar-refractivity contribution in [2.75, 3.05) is 38.2 Å². The van der Waals surface area contributed by atoms with Crippen molar-refractivity contribution < 1.29 is 17.9 Å². The van der Waals surface area contributed by atoms with Gasteiger partial charge in [-0.3, -0.25) is 4.99 Å². The van der Waals surface area contributed by atoms with E-state index in [0.717, 1.165) is 32.0 Å². The van der Waals surface area contributed by atoms with Gasteiger partial charge in [0.15, 0.2) is 5.96 Å². The number of aliphatic imine (C=N–C) groups is 1. The van der Waals surface area contributed by atoms with Crippen LogP contribution in [0.4, 0.5) is 18.9 Å². The number of ether oxygens (including phenoxy) is 1. The van der Waals surface area contributed by atoms with Gasteiger partial charge in [-0.15, -0.1) is 24.0 Å². The second-order valence-corrected chi connectivity index (χ2v) is 6.94. The van der Waals surface area contributed by atoms with E-state index in [0.29, 0.717) is 12.5 Å². The number of anilines is 1. The quantitative estimate of drug-likeness (QED) is 0.248. The third-order valence-electron chi connectivity index (χ3n) is 4.89. The molecule has 1 aromatic heterocycles. The molecule has 0 atom stereocenters. The van der Waals surface area contributed by atoms with Crippen molar-refractivity contribution in [1.29, 1.82) is 0 Å². The van der Waals surface area contributed by atoms with Gasteiger partial charge in [-0.05, 0) is 37.1 Å². The van der Waals surface area contributed by atoms with Crippen LogP contribution in [0.15, 0.2) is 53.7 Å². The average molecular weight is 549 g/mol. The van der Waals surface area contributed by atoms with Crippen LogP contribution < -0.4 is 20.3 Å². The van der Waals surface area contributed by atoms with Crippen LogP contribution in [0.5, 0.6) is 5.88 Å². The minimum Gasteiger partial charge on any atom is -0.475 e. The third-order valence-corrected chi connectivity index (χ3v) is 4.89. The van der Waals surface area contributed by atoms with Gasteiger partial charge in [-0.1, -0.05) is 18.2 Å². The first-order valence-corrected chi connectivity index (χ1v) is 9.89. The van der Waals surface area contributed by atoms with Crippen LogP contribution in [0.1, 0.15) is 18.4 Å². The van der Waals surface area contributed by atoms with E-state index in [-0.39, 0.29) is 36.6 Å². The summed E-state index contributed by atoms with van der Waals surface area (Å²) in [6, 6.07) is 12.8. The predicted molar refractivity (Wildman–Crippen MR) is 126 cm³/mol. The molecule has 6 nitrogen and oxygen atoms in total. The second kappa shape index (κ2) is 12.0. The van der Waals surface area contributed by atoms with Gasteiger partial charge >= 0.3 is 6.18 Å². The van der Waals surface area contributed by atoms with Crippen molar-refractivity contribution >= 4 is 35.6 Å². The molecule has 1 aliphatic heterocycles. The van der Waals surface area contributed by atoms with Gasteiger partial charge in [0.1, 0.15) is 12.2 Å². The maximum atomic E-state index is 13.0. The second-order valence-electron chi connectivity index (χ2n) is 6.94. The van der Waals surface area contributed by atoms with Crippen LogP contribution in [0.25, 0.3) is 0 Å². The van der Waals surface area contributed by atoms with Crippen molar-refractivity contribution in [3.8, 4) is 5.88 Å². The zero-order chi connectivity index (χ0) is 21.4. The minimum absolute atomic E-state index is 0. The molecule has 170 valence electrons. The number of alkyl halides is 3. The number of halogens is 4.